The van der Waals surface area contributed by atoms with Crippen LogP contribution in [0.3, 0.4) is 0 Å². The molecule has 0 bridgehead atoms. The molecule has 2 nitrogen and oxygen atoms in total. The number of piperazine rings is 1. The molecule has 0 saturated carbocycles. The van der Waals surface area contributed by atoms with Gasteiger partial charge >= 0.3 is 0 Å². The zero-order chi connectivity index (χ0) is 18.5. The highest BCUT2D eigenvalue weighted by molar-refractivity contribution is 5.14. The van der Waals surface area contributed by atoms with Crippen LogP contribution < -0.4 is 0 Å². The molecular formula is C24H38N2. The van der Waals surface area contributed by atoms with E-state index < -0.39 is 0 Å². The van der Waals surface area contributed by atoms with Crippen LogP contribution in [0.1, 0.15) is 52.4 Å². The third kappa shape index (κ3) is 5.44. The lowest BCUT2D eigenvalue weighted by Crippen LogP contribution is -2.47. The van der Waals surface area contributed by atoms with Gasteiger partial charge in [-0.1, -0.05) is 47.6 Å². The van der Waals surface area contributed by atoms with Gasteiger partial charge in [0.05, 0.1) is 0 Å². The highest BCUT2D eigenvalue weighted by Crippen LogP contribution is 2.30. The van der Waals surface area contributed by atoms with Gasteiger partial charge in [0.2, 0.25) is 0 Å². The summed E-state index contributed by atoms with van der Waals surface area (Å²) in [6.45, 7) is 20.3. The smallest absolute Gasteiger partial charge is 0.0194 e. The van der Waals surface area contributed by atoms with Crippen LogP contribution in [-0.2, 0) is 0 Å². The molecule has 2 aliphatic carbocycles. The van der Waals surface area contributed by atoms with E-state index in [-0.39, 0.29) is 0 Å². The molecule has 3 rings (SSSR count). The van der Waals surface area contributed by atoms with Crippen molar-refractivity contribution >= 4 is 0 Å². The summed E-state index contributed by atoms with van der Waals surface area (Å²) in [5.41, 5.74) is 6.03. The van der Waals surface area contributed by atoms with E-state index in [0.717, 1.165) is 13.1 Å². The zero-order valence-electron chi connectivity index (χ0n) is 17.1. The van der Waals surface area contributed by atoms with Gasteiger partial charge in [-0.2, -0.15) is 0 Å². The Labute approximate surface area is 161 Å². The minimum Gasteiger partial charge on any atom is -0.297 e. The number of nitrogens with zero attached hydrogens (tertiary/aromatic N) is 2. The molecule has 0 aromatic rings. The quantitative estimate of drug-likeness (QED) is 0.604. The normalized spacial score (nSPS) is 28.4. The summed E-state index contributed by atoms with van der Waals surface area (Å²) in [6, 6.07) is 0. The number of hydrogen-bond donors (Lipinski definition) is 0. The fraction of sp³-hybridized carbons (Fsp3) is 0.667. The fourth-order valence-electron chi connectivity index (χ4n) is 4.61. The predicted molar refractivity (Wildman–Crippen MR) is 113 cm³/mol. The van der Waals surface area contributed by atoms with Gasteiger partial charge in [-0.15, -0.1) is 0 Å². The summed E-state index contributed by atoms with van der Waals surface area (Å²) in [6.07, 6.45) is 12.4. The third-order valence-electron chi connectivity index (χ3n) is 6.75. The first kappa shape index (κ1) is 19.6. The van der Waals surface area contributed by atoms with Gasteiger partial charge in [0.15, 0.2) is 0 Å². The Morgan fingerprint density at radius 1 is 0.808 bits per heavy atom. The lowest BCUT2D eigenvalue weighted by Gasteiger charge is -2.37. The van der Waals surface area contributed by atoms with E-state index in [1.54, 1.807) is 11.1 Å². The first-order valence-electron chi connectivity index (χ1n) is 10.6. The number of rotatable bonds is 6. The van der Waals surface area contributed by atoms with Crippen molar-refractivity contribution in [1.29, 1.82) is 0 Å². The van der Waals surface area contributed by atoms with Crippen molar-refractivity contribution in [2.45, 2.75) is 52.4 Å². The van der Waals surface area contributed by atoms with E-state index >= 15 is 0 Å². The van der Waals surface area contributed by atoms with E-state index in [1.165, 1.54) is 75.9 Å². The van der Waals surface area contributed by atoms with E-state index in [2.05, 4.69) is 49.0 Å². The molecule has 0 radical (unpaired) electrons. The Hall–Kier alpha value is -1.12. The molecule has 1 heterocycles. The second kappa shape index (κ2) is 9.19. The predicted octanol–water partition coefficient (Wildman–Crippen LogP) is 5.21. The average molecular weight is 355 g/mol. The van der Waals surface area contributed by atoms with Gasteiger partial charge in [0.25, 0.3) is 0 Å². The molecule has 1 aliphatic heterocycles. The van der Waals surface area contributed by atoms with Crippen molar-refractivity contribution in [2.75, 3.05) is 39.3 Å². The highest BCUT2D eigenvalue weighted by atomic mass is 15.3. The first-order chi connectivity index (χ1) is 12.5. The second-order valence-corrected chi connectivity index (χ2v) is 8.91. The minimum absolute atomic E-state index is 0.708. The SMILES string of the molecule is C=C(CN1CCN(CC(=C)C2CC=C(C)CC2)CC1)C1CC=C(C)CC1. The van der Waals surface area contributed by atoms with E-state index in [4.69, 9.17) is 0 Å². The van der Waals surface area contributed by atoms with E-state index in [1.807, 2.05) is 0 Å². The van der Waals surface area contributed by atoms with Crippen LogP contribution >= 0.6 is 0 Å². The molecule has 0 amide bonds. The number of allylic oxidation sites excluding steroid dienone is 4. The highest BCUT2D eigenvalue weighted by Gasteiger charge is 2.23. The Morgan fingerprint density at radius 3 is 1.50 bits per heavy atom. The van der Waals surface area contributed by atoms with Crippen molar-refractivity contribution in [1.82, 2.24) is 9.80 Å². The van der Waals surface area contributed by atoms with Gasteiger partial charge < -0.3 is 0 Å². The summed E-state index contributed by atoms with van der Waals surface area (Å²) in [7, 11) is 0. The van der Waals surface area contributed by atoms with Crippen LogP contribution in [0.15, 0.2) is 47.6 Å². The Bertz CT molecular complexity index is 523. The summed E-state index contributed by atoms with van der Waals surface area (Å²) in [5, 5.41) is 0. The summed E-state index contributed by atoms with van der Waals surface area (Å²) >= 11 is 0. The molecule has 0 aromatic carbocycles. The van der Waals surface area contributed by atoms with Crippen molar-refractivity contribution in [3.8, 4) is 0 Å². The Kier molecular flexibility index (Phi) is 6.94. The van der Waals surface area contributed by atoms with Gasteiger partial charge in [0, 0.05) is 39.3 Å². The molecule has 144 valence electrons. The van der Waals surface area contributed by atoms with Crippen LogP contribution in [0.25, 0.3) is 0 Å². The lowest BCUT2D eigenvalue weighted by molar-refractivity contribution is 0.143. The standard InChI is InChI=1S/C24H38N2/c1-19-5-9-23(10-6-19)21(3)17-25-13-15-26(16-14-25)18-22(4)24-11-7-20(2)8-12-24/h5,7,23-24H,3-4,6,8-18H2,1-2H3. The third-order valence-corrected chi connectivity index (χ3v) is 6.75. The summed E-state index contributed by atoms with van der Waals surface area (Å²) in [5.74, 6) is 1.42. The second-order valence-electron chi connectivity index (χ2n) is 8.91. The zero-order valence-corrected chi connectivity index (χ0v) is 17.1. The van der Waals surface area contributed by atoms with Crippen LogP contribution in [-0.4, -0.2) is 49.1 Å². The molecule has 1 saturated heterocycles. The maximum absolute atomic E-state index is 4.43. The molecule has 1 fully saturated rings. The van der Waals surface area contributed by atoms with Crippen molar-refractivity contribution in [2.24, 2.45) is 11.8 Å². The maximum Gasteiger partial charge on any atom is 0.0194 e. The molecule has 2 atom stereocenters. The molecule has 0 aromatic heterocycles. The summed E-state index contributed by atoms with van der Waals surface area (Å²) < 4.78 is 0. The molecule has 26 heavy (non-hydrogen) atoms. The van der Waals surface area contributed by atoms with Crippen LogP contribution in [0, 0.1) is 11.8 Å². The molecular weight excluding hydrogens is 316 g/mol. The van der Waals surface area contributed by atoms with Crippen LogP contribution in [0.5, 0.6) is 0 Å². The average Bonchev–Trinajstić information content (AvgIpc) is 2.64. The Balaban J connectivity index is 1.37. The monoisotopic (exact) mass is 354 g/mol. The maximum atomic E-state index is 4.43. The van der Waals surface area contributed by atoms with Gasteiger partial charge in [-0.05, 0) is 64.2 Å². The largest absolute Gasteiger partial charge is 0.297 e. The molecule has 0 spiro atoms. The van der Waals surface area contributed by atoms with E-state index in [0.29, 0.717) is 11.8 Å². The van der Waals surface area contributed by atoms with E-state index in [9.17, 15) is 0 Å². The van der Waals surface area contributed by atoms with Gasteiger partial charge in [0.1, 0.15) is 0 Å². The minimum atomic E-state index is 0.708. The molecule has 3 aliphatic rings. The van der Waals surface area contributed by atoms with Crippen molar-refractivity contribution < 1.29 is 0 Å². The number of hydrogen-bond acceptors (Lipinski definition) is 2. The van der Waals surface area contributed by atoms with Crippen LogP contribution in [0.2, 0.25) is 0 Å². The molecule has 2 unspecified atom stereocenters. The lowest BCUT2D eigenvalue weighted by atomic mass is 9.85. The van der Waals surface area contributed by atoms with Crippen molar-refractivity contribution in [3.63, 3.8) is 0 Å². The van der Waals surface area contributed by atoms with Gasteiger partial charge in [-0.25, -0.2) is 0 Å². The van der Waals surface area contributed by atoms with Gasteiger partial charge in [-0.3, -0.25) is 9.80 Å². The van der Waals surface area contributed by atoms with Crippen molar-refractivity contribution in [3.05, 3.63) is 47.6 Å². The topological polar surface area (TPSA) is 6.48 Å². The molecule has 2 heteroatoms. The fourth-order valence-corrected chi connectivity index (χ4v) is 4.61. The Morgan fingerprint density at radius 2 is 1.19 bits per heavy atom. The summed E-state index contributed by atoms with van der Waals surface area (Å²) in [4.78, 5) is 5.22. The molecule has 0 N–H and O–H groups in total. The van der Waals surface area contributed by atoms with Crippen LogP contribution in [0.4, 0.5) is 0 Å². The first-order valence-corrected chi connectivity index (χ1v) is 10.6.